The van der Waals surface area contributed by atoms with E-state index in [1.807, 2.05) is 27.8 Å². The van der Waals surface area contributed by atoms with Gasteiger partial charge in [0.1, 0.15) is 5.75 Å². The molecule has 1 aromatic carbocycles. The number of hydrogen-bond acceptors (Lipinski definition) is 8. The predicted octanol–water partition coefficient (Wildman–Crippen LogP) is 6.25. The fourth-order valence-corrected chi connectivity index (χ4v) is 9.24. The van der Waals surface area contributed by atoms with Crippen molar-refractivity contribution in [3.63, 3.8) is 0 Å². The number of nitrogens with zero attached hydrogens (tertiary/aromatic N) is 4. The molecule has 1 N–H and O–H groups in total. The topological polar surface area (TPSA) is 123 Å². The van der Waals surface area contributed by atoms with Crippen molar-refractivity contribution in [1.82, 2.24) is 24.3 Å². The third-order valence-electron chi connectivity index (χ3n) is 10.3. The summed E-state index contributed by atoms with van der Waals surface area (Å²) in [5, 5.41) is 4.77. The maximum Gasteiger partial charge on any atom is 0.264 e. The van der Waals surface area contributed by atoms with Crippen LogP contribution in [0.15, 0.2) is 65.9 Å². The van der Waals surface area contributed by atoms with Gasteiger partial charge in [-0.25, -0.2) is 13.1 Å². The molecule has 0 unspecified atom stereocenters. The van der Waals surface area contributed by atoms with Crippen LogP contribution in [0, 0.1) is 11.8 Å². The van der Waals surface area contributed by atoms with Crippen LogP contribution < -0.4 is 9.46 Å². The number of aromatic nitrogens is 2. The van der Waals surface area contributed by atoms with E-state index in [1.54, 1.807) is 39.3 Å². The first-order chi connectivity index (χ1) is 25.4. The minimum Gasteiger partial charge on any atom is -0.497 e. The number of amides is 2. The first kappa shape index (κ1) is 38.3. The summed E-state index contributed by atoms with van der Waals surface area (Å²) < 4.78 is 41.3. The van der Waals surface area contributed by atoms with E-state index in [9.17, 15) is 18.0 Å². The molecule has 2 aromatic rings. The van der Waals surface area contributed by atoms with Crippen molar-refractivity contribution in [2.45, 2.75) is 65.8 Å². The molecule has 2 amide bonds. The lowest BCUT2D eigenvalue weighted by Gasteiger charge is -2.34. The van der Waals surface area contributed by atoms with Crippen LogP contribution in [0.4, 0.5) is 0 Å². The van der Waals surface area contributed by atoms with Crippen molar-refractivity contribution in [3.05, 3.63) is 88.3 Å². The van der Waals surface area contributed by atoms with Crippen molar-refractivity contribution in [2.75, 3.05) is 52.3 Å². The molecular formula is C41H53N5O6S. The van der Waals surface area contributed by atoms with Crippen molar-refractivity contribution >= 4 is 39.2 Å². The Hall–Kier alpha value is -4.42. The Kier molecular flexibility index (Phi) is 11.8. The van der Waals surface area contributed by atoms with Crippen molar-refractivity contribution < 1.29 is 27.5 Å². The molecule has 1 saturated carbocycles. The van der Waals surface area contributed by atoms with E-state index in [0.717, 1.165) is 64.9 Å². The maximum absolute atomic E-state index is 14.2. The summed E-state index contributed by atoms with van der Waals surface area (Å²) in [6.07, 6.45) is 14.6. The van der Waals surface area contributed by atoms with Crippen LogP contribution in [-0.2, 0) is 19.6 Å². The molecule has 0 atom stereocenters. The van der Waals surface area contributed by atoms with E-state index in [2.05, 4.69) is 42.2 Å². The summed E-state index contributed by atoms with van der Waals surface area (Å²) in [6.45, 7) is 14.9. The van der Waals surface area contributed by atoms with Crippen molar-refractivity contribution in [3.8, 4) is 5.75 Å². The molecule has 3 aliphatic heterocycles. The van der Waals surface area contributed by atoms with Crippen LogP contribution in [0.1, 0.15) is 93.0 Å². The number of fused-ring (bicyclic) bond motifs is 3. The van der Waals surface area contributed by atoms with Gasteiger partial charge in [-0.15, -0.1) is 0 Å². The van der Waals surface area contributed by atoms with Gasteiger partial charge in [0.25, 0.3) is 11.8 Å². The third kappa shape index (κ3) is 8.54. The number of carbonyl (C=O) groups is 2. The third-order valence-corrected chi connectivity index (χ3v) is 11.9. The van der Waals surface area contributed by atoms with E-state index in [-0.39, 0.29) is 35.1 Å². The highest BCUT2D eigenvalue weighted by Gasteiger charge is 2.33. The average molecular weight is 744 g/mol. The molecule has 4 aliphatic rings. The zero-order chi connectivity index (χ0) is 37.9. The molecule has 6 rings (SSSR count). The highest BCUT2D eigenvalue weighted by atomic mass is 32.2. The van der Waals surface area contributed by atoms with Crippen molar-refractivity contribution in [2.24, 2.45) is 11.8 Å². The second-order valence-corrected chi connectivity index (χ2v) is 16.8. The Morgan fingerprint density at radius 2 is 1.81 bits per heavy atom. The van der Waals surface area contributed by atoms with Crippen molar-refractivity contribution in [1.29, 1.82) is 0 Å². The zero-order valence-electron chi connectivity index (χ0n) is 31.7. The monoisotopic (exact) mass is 743 g/mol. The summed E-state index contributed by atoms with van der Waals surface area (Å²) in [5.74, 6) is -0.127. The van der Waals surface area contributed by atoms with Crippen LogP contribution >= 0.6 is 0 Å². The zero-order valence-corrected chi connectivity index (χ0v) is 32.5. The minimum atomic E-state index is -3.85. The summed E-state index contributed by atoms with van der Waals surface area (Å²) >= 11 is 0. The summed E-state index contributed by atoms with van der Waals surface area (Å²) in [4.78, 5) is 31.9. The lowest BCUT2D eigenvalue weighted by atomic mass is 9.78. The Balaban J connectivity index is 1.54. The number of hydrogen-bond donors (Lipinski definition) is 1. The van der Waals surface area contributed by atoms with Gasteiger partial charge in [-0.2, -0.15) is 5.10 Å². The molecule has 284 valence electrons. The standard InChI is InChI=1S/C41H53N5O6S/c1-27(2)26-53(49,50)43-40(47)31-13-12-29(5)37(30-10-8-7-9-11-30)39-35-15-14-34(51-6)23-32(35)22-33(25-45(39)17-16-31)38-36(24-42-46(38)28(3)4)41(48)44-18-20-52-21-19-44/h12-16,22-24,27-28,30H,5,7-11,17-21,25-26H2,1-4,6H3,(H,43,47)/b13-12-,31-16+,39-37+. The number of allylic oxidation sites excluding steroid dienone is 3. The van der Waals surface area contributed by atoms with Gasteiger partial charge in [0.15, 0.2) is 0 Å². The van der Waals surface area contributed by atoms with E-state index in [4.69, 9.17) is 14.6 Å². The average Bonchev–Trinajstić information content (AvgIpc) is 3.54. The predicted molar refractivity (Wildman–Crippen MR) is 208 cm³/mol. The number of sulfonamides is 1. The van der Waals surface area contributed by atoms with Crippen LogP contribution in [0.2, 0.25) is 0 Å². The lowest BCUT2D eigenvalue weighted by Crippen LogP contribution is -2.41. The molecule has 0 radical (unpaired) electrons. The molecule has 0 bridgehead atoms. The molecule has 53 heavy (non-hydrogen) atoms. The second-order valence-electron chi connectivity index (χ2n) is 15.1. The van der Waals surface area contributed by atoms with Gasteiger partial charge in [-0.3, -0.25) is 14.3 Å². The van der Waals surface area contributed by atoms with E-state index >= 15 is 0 Å². The Bertz CT molecular complexity index is 1970. The minimum absolute atomic E-state index is 0.0412. The van der Waals surface area contributed by atoms with Gasteiger partial charge in [-0.1, -0.05) is 51.8 Å². The Morgan fingerprint density at radius 1 is 1.08 bits per heavy atom. The fourth-order valence-electron chi connectivity index (χ4n) is 7.88. The van der Waals surface area contributed by atoms with Gasteiger partial charge in [-0.05, 0) is 91.2 Å². The summed E-state index contributed by atoms with van der Waals surface area (Å²) in [7, 11) is -2.19. The first-order valence-corrected chi connectivity index (χ1v) is 20.5. The fraction of sp³-hybridized carbons (Fsp3) is 0.488. The number of ether oxygens (including phenoxy) is 2. The Morgan fingerprint density at radius 3 is 2.49 bits per heavy atom. The number of methoxy groups -OCH3 is 1. The quantitative estimate of drug-likeness (QED) is 0.320. The molecule has 1 saturated heterocycles. The molecular weight excluding hydrogens is 691 g/mol. The molecule has 1 aromatic heterocycles. The molecule has 11 nitrogen and oxygen atoms in total. The first-order valence-electron chi connectivity index (χ1n) is 18.8. The van der Waals surface area contributed by atoms with E-state index < -0.39 is 15.9 Å². The molecule has 1 aliphatic carbocycles. The highest BCUT2D eigenvalue weighted by Crippen LogP contribution is 2.44. The highest BCUT2D eigenvalue weighted by molar-refractivity contribution is 7.90. The SMILES string of the molecule is C=C1/C=C\C(C(=O)NS(=O)(=O)CC(C)C)=C/CN2CC(c3c(C(=O)N4CCOCC4)cnn3C(C)C)=Cc3cc(OC)ccc3/C2=C/1C1CCCCC1. The smallest absolute Gasteiger partial charge is 0.264 e. The van der Waals surface area contributed by atoms with Gasteiger partial charge in [0.05, 0.1) is 43.5 Å². The van der Waals surface area contributed by atoms with Gasteiger partial charge in [0, 0.05) is 49.1 Å². The number of benzene rings is 1. The van der Waals surface area contributed by atoms with E-state index in [1.165, 1.54) is 6.42 Å². The normalized spacial score (nSPS) is 21.8. The van der Waals surface area contributed by atoms with Crippen LogP contribution in [0.3, 0.4) is 0 Å². The van der Waals surface area contributed by atoms with Gasteiger partial charge >= 0.3 is 0 Å². The van der Waals surface area contributed by atoms with Gasteiger partial charge < -0.3 is 19.3 Å². The van der Waals surface area contributed by atoms with Gasteiger partial charge in [0.2, 0.25) is 10.0 Å². The Labute approximate surface area is 314 Å². The summed E-state index contributed by atoms with van der Waals surface area (Å²) in [5.41, 5.74) is 7.23. The van der Waals surface area contributed by atoms with Crippen LogP contribution in [0.5, 0.6) is 5.75 Å². The number of nitrogens with one attached hydrogen (secondary N) is 1. The summed E-state index contributed by atoms with van der Waals surface area (Å²) in [6, 6.07) is 6.04. The van der Waals surface area contributed by atoms with Crippen LogP contribution in [-0.4, -0.2) is 92.1 Å². The molecule has 0 spiro atoms. The number of carbonyl (C=O) groups excluding carboxylic acids is 2. The molecule has 2 fully saturated rings. The van der Waals surface area contributed by atoms with E-state index in [0.29, 0.717) is 50.7 Å². The largest absolute Gasteiger partial charge is 0.497 e. The maximum atomic E-state index is 14.2. The van der Waals surface area contributed by atoms with Crippen LogP contribution in [0.25, 0.3) is 17.3 Å². The second kappa shape index (κ2) is 16.3. The molecule has 4 heterocycles. The number of morpholine rings is 1. The molecule has 12 heteroatoms. The number of rotatable bonds is 9. The lowest BCUT2D eigenvalue weighted by molar-refractivity contribution is -0.115.